The van der Waals surface area contributed by atoms with Gasteiger partial charge >= 0.3 is 0 Å². The minimum absolute atomic E-state index is 0.177. The molecule has 0 atom stereocenters. The lowest BCUT2D eigenvalue weighted by atomic mass is 10.2. The molecule has 5 heteroatoms. The van der Waals surface area contributed by atoms with Crippen LogP contribution in [0.15, 0.2) is 23.3 Å². The van der Waals surface area contributed by atoms with Crippen LogP contribution in [0.25, 0.3) is 10.9 Å². The van der Waals surface area contributed by atoms with Crippen LogP contribution in [0.1, 0.15) is 0 Å². The molecule has 0 aliphatic heterocycles. The quantitative estimate of drug-likeness (QED) is 0.573. The van der Waals surface area contributed by atoms with Crippen LogP contribution < -0.4 is 16.6 Å². The summed E-state index contributed by atoms with van der Waals surface area (Å²) < 4.78 is 0. The first-order valence-corrected chi connectivity index (χ1v) is 4.17. The number of H-pyrrole nitrogens is 1. The monoisotopic (exact) mass is 190 g/mol. The fourth-order valence-electron chi connectivity index (χ4n) is 1.38. The van der Waals surface area contributed by atoms with Crippen LogP contribution in [0.3, 0.4) is 0 Å². The van der Waals surface area contributed by atoms with Gasteiger partial charge in [-0.1, -0.05) is 0 Å². The number of aromatic nitrogens is 2. The lowest BCUT2D eigenvalue weighted by Crippen LogP contribution is -2.08. The maximum absolute atomic E-state index is 11.4. The Kier molecular flexibility index (Phi) is 1.85. The van der Waals surface area contributed by atoms with Crippen molar-refractivity contribution >= 4 is 22.3 Å². The first kappa shape index (κ1) is 8.55. The smallest absolute Gasteiger partial charge is 0.258 e. The second-order valence-electron chi connectivity index (χ2n) is 2.90. The predicted octanol–water partition coefficient (Wildman–Crippen LogP) is 0.547. The van der Waals surface area contributed by atoms with E-state index in [-0.39, 0.29) is 5.56 Å². The number of aromatic amines is 1. The minimum Gasteiger partial charge on any atom is -0.395 e. The summed E-state index contributed by atoms with van der Waals surface area (Å²) in [6.07, 6.45) is 1.35. The number of hydrogen-bond acceptors (Lipinski definition) is 4. The van der Waals surface area contributed by atoms with Crippen LogP contribution in [-0.4, -0.2) is 17.0 Å². The third kappa shape index (κ3) is 1.10. The normalized spacial score (nSPS) is 10.4. The lowest BCUT2D eigenvalue weighted by molar-refractivity contribution is 1.17. The van der Waals surface area contributed by atoms with Crippen molar-refractivity contribution in [2.24, 2.45) is 0 Å². The van der Waals surface area contributed by atoms with E-state index in [4.69, 9.17) is 5.73 Å². The molecule has 2 aromatic rings. The maximum atomic E-state index is 11.4. The Labute approximate surface area is 80.0 Å². The molecular weight excluding hydrogens is 180 g/mol. The van der Waals surface area contributed by atoms with E-state index < -0.39 is 0 Å². The van der Waals surface area contributed by atoms with Crippen molar-refractivity contribution in [1.29, 1.82) is 0 Å². The lowest BCUT2D eigenvalue weighted by Gasteiger charge is -2.06. The van der Waals surface area contributed by atoms with Crippen molar-refractivity contribution in [3.05, 3.63) is 28.8 Å². The van der Waals surface area contributed by atoms with E-state index in [1.807, 2.05) is 0 Å². The van der Waals surface area contributed by atoms with Crippen molar-refractivity contribution in [3.63, 3.8) is 0 Å². The van der Waals surface area contributed by atoms with Crippen molar-refractivity contribution in [2.45, 2.75) is 0 Å². The van der Waals surface area contributed by atoms with Gasteiger partial charge < -0.3 is 16.0 Å². The zero-order chi connectivity index (χ0) is 10.1. The van der Waals surface area contributed by atoms with E-state index in [0.717, 1.165) is 5.69 Å². The van der Waals surface area contributed by atoms with Gasteiger partial charge in [-0.15, -0.1) is 0 Å². The Hall–Kier alpha value is -2.04. The average Bonchev–Trinajstić information content (AvgIpc) is 2.20. The highest BCUT2D eigenvalue weighted by molar-refractivity contribution is 5.95. The number of anilines is 2. The molecule has 1 heterocycles. The van der Waals surface area contributed by atoms with Gasteiger partial charge in [0, 0.05) is 7.05 Å². The van der Waals surface area contributed by atoms with Crippen molar-refractivity contribution < 1.29 is 0 Å². The molecule has 0 amide bonds. The van der Waals surface area contributed by atoms with Crippen LogP contribution in [0.2, 0.25) is 0 Å². The number of rotatable bonds is 1. The summed E-state index contributed by atoms with van der Waals surface area (Å²) in [6, 6.07) is 3.46. The summed E-state index contributed by atoms with van der Waals surface area (Å²) in [6.45, 7) is 0. The van der Waals surface area contributed by atoms with Crippen molar-refractivity contribution in [2.75, 3.05) is 18.1 Å². The Bertz CT molecular complexity index is 532. The molecule has 0 spiro atoms. The molecule has 0 saturated carbocycles. The van der Waals surface area contributed by atoms with Crippen molar-refractivity contribution in [3.8, 4) is 0 Å². The summed E-state index contributed by atoms with van der Waals surface area (Å²) in [4.78, 5) is 17.9. The Balaban J connectivity index is 2.91. The zero-order valence-electron chi connectivity index (χ0n) is 7.66. The topological polar surface area (TPSA) is 83.8 Å². The third-order valence-electron chi connectivity index (χ3n) is 2.12. The maximum Gasteiger partial charge on any atom is 0.258 e. The number of nitrogens with two attached hydrogens (primary N) is 1. The molecule has 0 aliphatic carbocycles. The molecule has 0 aliphatic rings. The highest BCUT2D eigenvalue weighted by Gasteiger charge is 2.05. The van der Waals surface area contributed by atoms with Crippen LogP contribution in [0, 0.1) is 0 Å². The van der Waals surface area contributed by atoms with E-state index in [2.05, 4.69) is 15.3 Å². The minimum atomic E-state index is -0.177. The number of hydrogen-bond donors (Lipinski definition) is 3. The van der Waals surface area contributed by atoms with Gasteiger partial charge in [-0.3, -0.25) is 4.79 Å². The highest BCUT2D eigenvalue weighted by Crippen LogP contribution is 2.24. The molecule has 0 radical (unpaired) electrons. The highest BCUT2D eigenvalue weighted by atomic mass is 16.1. The molecule has 0 saturated heterocycles. The molecule has 5 nitrogen and oxygen atoms in total. The van der Waals surface area contributed by atoms with Gasteiger partial charge in [0.05, 0.1) is 23.1 Å². The molecule has 72 valence electrons. The first-order chi connectivity index (χ1) is 6.74. The average molecular weight is 190 g/mol. The molecule has 0 bridgehead atoms. The second kappa shape index (κ2) is 3.02. The summed E-state index contributed by atoms with van der Waals surface area (Å²) in [5.41, 5.74) is 7.44. The number of benzene rings is 1. The largest absolute Gasteiger partial charge is 0.395 e. The Morgan fingerprint density at radius 3 is 3.00 bits per heavy atom. The fourth-order valence-corrected chi connectivity index (χ4v) is 1.38. The molecule has 1 aromatic carbocycles. The number of nitrogens with one attached hydrogen (secondary N) is 2. The van der Waals surface area contributed by atoms with E-state index in [1.54, 1.807) is 19.2 Å². The van der Waals surface area contributed by atoms with Crippen LogP contribution in [0.5, 0.6) is 0 Å². The molecule has 1 aromatic heterocycles. The van der Waals surface area contributed by atoms with Gasteiger partial charge in [0.15, 0.2) is 0 Å². The van der Waals surface area contributed by atoms with Gasteiger partial charge in [0.1, 0.15) is 5.52 Å². The summed E-state index contributed by atoms with van der Waals surface area (Å²) in [7, 11) is 1.77. The molecular formula is C9H10N4O. The molecule has 0 unspecified atom stereocenters. The SMILES string of the molecule is CNc1ccc2c(=O)[nH]cnc2c1N. The van der Waals surface area contributed by atoms with E-state index in [1.165, 1.54) is 6.33 Å². The summed E-state index contributed by atoms with van der Waals surface area (Å²) in [5, 5.41) is 3.43. The Morgan fingerprint density at radius 1 is 1.50 bits per heavy atom. The van der Waals surface area contributed by atoms with E-state index in [0.29, 0.717) is 16.6 Å². The zero-order valence-corrected chi connectivity index (χ0v) is 7.66. The number of nitrogen functional groups attached to an aromatic ring is 1. The molecule has 4 N–H and O–H groups in total. The number of fused-ring (bicyclic) bond motifs is 1. The van der Waals surface area contributed by atoms with Gasteiger partial charge in [-0.05, 0) is 12.1 Å². The second-order valence-corrected chi connectivity index (χ2v) is 2.90. The standard InChI is InChI=1S/C9H10N4O/c1-11-6-3-2-5-8(7(6)10)12-4-13-9(5)14/h2-4,11H,10H2,1H3,(H,12,13,14). The Morgan fingerprint density at radius 2 is 2.29 bits per heavy atom. The predicted molar refractivity (Wildman–Crippen MR) is 56.3 cm³/mol. The van der Waals surface area contributed by atoms with Gasteiger partial charge in [-0.25, -0.2) is 4.98 Å². The van der Waals surface area contributed by atoms with E-state index in [9.17, 15) is 4.79 Å². The molecule has 2 rings (SSSR count). The molecule has 14 heavy (non-hydrogen) atoms. The summed E-state index contributed by atoms with van der Waals surface area (Å²) >= 11 is 0. The van der Waals surface area contributed by atoms with Gasteiger partial charge in [0.25, 0.3) is 5.56 Å². The molecule has 0 fully saturated rings. The first-order valence-electron chi connectivity index (χ1n) is 4.17. The van der Waals surface area contributed by atoms with Crippen LogP contribution in [0.4, 0.5) is 11.4 Å². The number of nitrogens with zero attached hydrogens (tertiary/aromatic N) is 1. The van der Waals surface area contributed by atoms with Gasteiger partial charge in [-0.2, -0.15) is 0 Å². The van der Waals surface area contributed by atoms with Crippen LogP contribution >= 0.6 is 0 Å². The van der Waals surface area contributed by atoms with Crippen molar-refractivity contribution in [1.82, 2.24) is 9.97 Å². The summed E-state index contributed by atoms with van der Waals surface area (Å²) in [5.74, 6) is 0. The van der Waals surface area contributed by atoms with Gasteiger partial charge in [0.2, 0.25) is 0 Å². The van der Waals surface area contributed by atoms with E-state index >= 15 is 0 Å². The fraction of sp³-hybridized carbons (Fsp3) is 0.111. The van der Waals surface area contributed by atoms with Crippen LogP contribution in [-0.2, 0) is 0 Å². The third-order valence-corrected chi connectivity index (χ3v) is 2.12.